The number of carbonyl (C=O) groups is 1. The van der Waals surface area contributed by atoms with Crippen molar-refractivity contribution in [1.29, 1.82) is 0 Å². The van der Waals surface area contributed by atoms with Gasteiger partial charge in [-0.3, -0.25) is 9.89 Å². The van der Waals surface area contributed by atoms with Gasteiger partial charge >= 0.3 is 0 Å². The fourth-order valence-electron chi connectivity index (χ4n) is 2.98. The van der Waals surface area contributed by atoms with Crippen LogP contribution in [0.25, 0.3) is 33.3 Å². The minimum Gasteiger partial charge on any atom is -0.472 e. The molecule has 0 aliphatic rings. The minimum absolute atomic E-state index is 0.230. The van der Waals surface area contributed by atoms with E-state index in [0.717, 1.165) is 21.9 Å². The average Bonchev–Trinajstić information content (AvgIpc) is 3.39. The number of aromatic amines is 1. The van der Waals surface area contributed by atoms with Crippen molar-refractivity contribution in [3.63, 3.8) is 0 Å². The van der Waals surface area contributed by atoms with Crippen molar-refractivity contribution in [2.45, 2.75) is 0 Å². The maximum Gasteiger partial charge on any atom is 0.258 e. The summed E-state index contributed by atoms with van der Waals surface area (Å²) in [6.07, 6.45) is 2.87. The van der Waals surface area contributed by atoms with E-state index in [-0.39, 0.29) is 5.91 Å². The Bertz CT molecular complexity index is 1200. The molecule has 6 nitrogen and oxygen atoms in total. The molecule has 0 aliphatic heterocycles. The van der Waals surface area contributed by atoms with Crippen LogP contribution in [0.1, 0.15) is 10.4 Å². The molecule has 3 aromatic heterocycles. The molecular weight excluding hydrogens is 330 g/mol. The number of fused-ring (bicyclic) bond motifs is 2. The number of H-pyrrole nitrogens is 1. The van der Waals surface area contributed by atoms with E-state index in [4.69, 9.17) is 8.83 Å². The molecule has 0 fully saturated rings. The lowest BCUT2D eigenvalue weighted by molar-refractivity contribution is 0.102. The number of anilines is 1. The van der Waals surface area contributed by atoms with Crippen LogP contribution in [-0.2, 0) is 0 Å². The number of nitrogens with one attached hydrogen (secondary N) is 2. The second-order valence-corrected chi connectivity index (χ2v) is 5.95. The summed E-state index contributed by atoms with van der Waals surface area (Å²) in [6, 6.07) is 17.0. The van der Waals surface area contributed by atoms with Gasteiger partial charge in [0.1, 0.15) is 17.5 Å². The second-order valence-electron chi connectivity index (χ2n) is 5.95. The number of hydrogen-bond acceptors (Lipinski definition) is 4. The third-order valence-electron chi connectivity index (χ3n) is 4.26. The summed E-state index contributed by atoms with van der Waals surface area (Å²) in [6.45, 7) is 0. The fraction of sp³-hybridized carbons (Fsp3) is 0. The van der Waals surface area contributed by atoms with Gasteiger partial charge < -0.3 is 14.2 Å². The van der Waals surface area contributed by atoms with Crippen molar-refractivity contribution < 1.29 is 13.6 Å². The topological polar surface area (TPSA) is 84.1 Å². The molecule has 0 atom stereocenters. The van der Waals surface area contributed by atoms with Gasteiger partial charge in [0.2, 0.25) is 0 Å². The highest BCUT2D eigenvalue weighted by molar-refractivity contribution is 6.05. The van der Waals surface area contributed by atoms with Gasteiger partial charge in [0.15, 0.2) is 5.76 Å². The molecule has 126 valence electrons. The first-order chi connectivity index (χ1) is 12.8. The Kier molecular flexibility index (Phi) is 3.15. The number of amides is 1. The van der Waals surface area contributed by atoms with E-state index in [9.17, 15) is 4.79 Å². The summed E-state index contributed by atoms with van der Waals surface area (Å²) in [5.41, 5.74) is 3.51. The van der Waals surface area contributed by atoms with Gasteiger partial charge in [-0.05, 0) is 36.4 Å². The third kappa shape index (κ3) is 2.36. The maximum absolute atomic E-state index is 12.2. The van der Waals surface area contributed by atoms with E-state index >= 15 is 0 Å². The number of benzene rings is 2. The second kappa shape index (κ2) is 5.63. The maximum atomic E-state index is 12.2. The van der Waals surface area contributed by atoms with Gasteiger partial charge in [0.05, 0.1) is 17.3 Å². The highest BCUT2D eigenvalue weighted by atomic mass is 16.3. The largest absolute Gasteiger partial charge is 0.472 e. The monoisotopic (exact) mass is 343 g/mol. The molecule has 0 spiro atoms. The Morgan fingerprint density at radius 1 is 1.08 bits per heavy atom. The Morgan fingerprint density at radius 2 is 2.00 bits per heavy atom. The number of rotatable bonds is 3. The van der Waals surface area contributed by atoms with E-state index in [1.807, 2.05) is 48.5 Å². The van der Waals surface area contributed by atoms with Crippen LogP contribution in [0.15, 0.2) is 76.0 Å². The van der Waals surface area contributed by atoms with Crippen LogP contribution in [-0.4, -0.2) is 16.1 Å². The number of carbonyl (C=O) groups excluding carboxylic acids is 1. The summed E-state index contributed by atoms with van der Waals surface area (Å²) in [7, 11) is 0. The summed E-state index contributed by atoms with van der Waals surface area (Å²) < 4.78 is 10.9. The van der Waals surface area contributed by atoms with Crippen LogP contribution < -0.4 is 5.32 Å². The van der Waals surface area contributed by atoms with Crippen LogP contribution in [0, 0.1) is 0 Å². The Balaban J connectivity index is 1.55. The minimum atomic E-state index is -0.230. The molecule has 2 aromatic carbocycles. The molecule has 6 heteroatoms. The Hall–Kier alpha value is -3.80. The van der Waals surface area contributed by atoms with Crippen LogP contribution in [0.5, 0.6) is 0 Å². The molecule has 0 saturated heterocycles. The number of para-hydroxylation sites is 1. The summed E-state index contributed by atoms with van der Waals surface area (Å²) in [5, 5.41) is 12.1. The van der Waals surface area contributed by atoms with Gasteiger partial charge in [0.25, 0.3) is 5.91 Å². The van der Waals surface area contributed by atoms with Gasteiger partial charge in [-0.25, -0.2) is 0 Å². The molecule has 5 aromatic rings. The van der Waals surface area contributed by atoms with E-state index in [1.54, 1.807) is 6.07 Å². The zero-order valence-corrected chi connectivity index (χ0v) is 13.5. The van der Waals surface area contributed by atoms with Gasteiger partial charge in [-0.15, -0.1) is 0 Å². The van der Waals surface area contributed by atoms with Crippen molar-refractivity contribution >= 4 is 33.5 Å². The molecule has 0 radical (unpaired) electrons. The molecule has 26 heavy (non-hydrogen) atoms. The molecule has 0 bridgehead atoms. The number of furan rings is 2. The Labute approximate surface area is 147 Å². The molecule has 0 saturated carbocycles. The van der Waals surface area contributed by atoms with Gasteiger partial charge in [-0.2, -0.15) is 5.10 Å². The number of aromatic nitrogens is 2. The quantitative estimate of drug-likeness (QED) is 0.492. The van der Waals surface area contributed by atoms with Crippen LogP contribution in [0.4, 0.5) is 5.69 Å². The third-order valence-corrected chi connectivity index (χ3v) is 4.26. The molecule has 0 aliphatic carbocycles. The highest BCUT2D eigenvalue weighted by Gasteiger charge is 2.14. The lowest BCUT2D eigenvalue weighted by Gasteiger charge is -2.03. The van der Waals surface area contributed by atoms with Crippen molar-refractivity contribution in [2.24, 2.45) is 0 Å². The van der Waals surface area contributed by atoms with Crippen molar-refractivity contribution in [3.05, 3.63) is 72.7 Å². The number of hydrogen-bond donors (Lipinski definition) is 2. The first-order valence-corrected chi connectivity index (χ1v) is 8.08. The molecule has 5 rings (SSSR count). The summed E-state index contributed by atoms with van der Waals surface area (Å²) in [4.78, 5) is 12.2. The van der Waals surface area contributed by atoms with Crippen LogP contribution >= 0.6 is 0 Å². The van der Waals surface area contributed by atoms with E-state index in [0.29, 0.717) is 22.7 Å². The smallest absolute Gasteiger partial charge is 0.258 e. The predicted octanol–water partition coefficient (Wildman–Crippen LogP) is 4.82. The van der Waals surface area contributed by atoms with Crippen LogP contribution in [0.3, 0.4) is 0 Å². The van der Waals surface area contributed by atoms with E-state index in [1.165, 1.54) is 12.5 Å². The number of nitrogens with zero attached hydrogens (tertiary/aromatic N) is 1. The van der Waals surface area contributed by atoms with Gasteiger partial charge in [0, 0.05) is 16.5 Å². The summed E-state index contributed by atoms with van der Waals surface area (Å²) in [5.74, 6) is 0.447. The lowest BCUT2D eigenvalue weighted by atomic mass is 10.1. The van der Waals surface area contributed by atoms with E-state index in [2.05, 4.69) is 15.5 Å². The first kappa shape index (κ1) is 14.5. The zero-order chi connectivity index (χ0) is 17.5. The molecule has 0 unspecified atom stereocenters. The average molecular weight is 343 g/mol. The fourth-order valence-corrected chi connectivity index (χ4v) is 2.98. The zero-order valence-electron chi connectivity index (χ0n) is 13.5. The lowest BCUT2D eigenvalue weighted by Crippen LogP contribution is -2.10. The van der Waals surface area contributed by atoms with Crippen molar-refractivity contribution in [3.8, 4) is 11.5 Å². The summed E-state index contributed by atoms with van der Waals surface area (Å²) >= 11 is 0. The predicted molar refractivity (Wildman–Crippen MR) is 98.0 cm³/mol. The van der Waals surface area contributed by atoms with Crippen molar-refractivity contribution in [2.75, 3.05) is 5.32 Å². The van der Waals surface area contributed by atoms with E-state index < -0.39 is 0 Å². The standard InChI is InChI=1S/C20H13N3O3/c24-20(13-7-8-25-11-13)21-14-5-6-16-15(10-14)19(23-22-16)18-9-12-3-1-2-4-17(12)26-18/h1-11H,(H,21,24)(H,22,23). The first-order valence-electron chi connectivity index (χ1n) is 8.08. The highest BCUT2D eigenvalue weighted by Crippen LogP contribution is 2.32. The Morgan fingerprint density at radius 3 is 2.85 bits per heavy atom. The van der Waals surface area contributed by atoms with Gasteiger partial charge in [-0.1, -0.05) is 18.2 Å². The molecular formula is C20H13N3O3. The molecule has 1 amide bonds. The van der Waals surface area contributed by atoms with Crippen LogP contribution in [0.2, 0.25) is 0 Å². The SMILES string of the molecule is O=C(Nc1ccc2[nH]nc(-c3cc4ccccc4o3)c2c1)c1ccoc1. The molecule has 3 heterocycles. The van der Waals surface area contributed by atoms with Crippen molar-refractivity contribution in [1.82, 2.24) is 10.2 Å². The normalized spacial score (nSPS) is 11.2. The molecule has 2 N–H and O–H groups in total.